The topological polar surface area (TPSA) is 173 Å². The van der Waals surface area contributed by atoms with Crippen LogP contribution in [0, 0.1) is 5.92 Å². The number of fused-ring (bicyclic) bond motifs is 2. The average molecular weight is 608 g/mol. The fourth-order valence-electron chi connectivity index (χ4n) is 6.82. The molecular formula is C30H37N9O5. The summed E-state index contributed by atoms with van der Waals surface area (Å²) >= 11 is 0. The number of aromatic nitrogens is 6. The van der Waals surface area contributed by atoms with Crippen molar-refractivity contribution in [3.05, 3.63) is 40.6 Å². The second kappa shape index (κ2) is 10.6. The van der Waals surface area contributed by atoms with Gasteiger partial charge in [-0.15, -0.1) is 0 Å². The lowest BCUT2D eigenvalue weighted by atomic mass is 9.95. The van der Waals surface area contributed by atoms with Crippen LogP contribution in [0.25, 0.3) is 22.1 Å². The molecule has 4 unspecified atom stereocenters. The van der Waals surface area contributed by atoms with Gasteiger partial charge in [-0.3, -0.25) is 13.9 Å². The molecule has 4 aromatic rings. The number of hydrogen-bond donors (Lipinski definition) is 3. The van der Waals surface area contributed by atoms with Gasteiger partial charge in [0.2, 0.25) is 5.91 Å². The van der Waals surface area contributed by atoms with Gasteiger partial charge >= 0.3 is 11.8 Å². The van der Waals surface area contributed by atoms with E-state index in [1.54, 1.807) is 16.8 Å². The van der Waals surface area contributed by atoms with E-state index in [0.29, 0.717) is 43.0 Å². The lowest BCUT2D eigenvalue weighted by Crippen LogP contribution is -2.36. The Bertz CT molecular complexity index is 2000. The van der Waals surface area contributed by atoms with Crippen molar-refractivity contribution in [1.29, 1.82) is 0 Å². The minimum absolute atomic E-state index is 0.0111. The van der Waals surface area contributed by atoms with E-state index in [1.807, 2.05) is 13.0 Å². The minimum atomic E-state index is -2.79. The van der Waals surface area contributed by atoms with Gasteiger partial charge in [0.1, 0.15) is 17.2 Å². The summed E-state index contributed by atoms with van der Waals surface area (Å²) in [7, 11) is 1.20. The number of nitrogens with one attached hydrogen (secondary N) is 2. The van der Waals surface area contributed by atoms with Crippen molar-refractivity contribution in [2.24, 2.45) is 18.6 Å². The standard InChI is InChI=1S/C30H37N9O5/c1-16-14-30(16,27(31)40)39-26-20(25(36-39)17-8-10-44-11-9-17)6-7-23(35-26)34-24-13-21-22(15-32-24)37(2)29(42)38(21)19-5-4-18(12-19)33-28(41)43-3/h6-7,13,15-19H,4-5,8-12,14H2,1-3H3,(H2,31,40)(H,33,41)(H,32,34,35)/i2D3,18D. The van der Waals surface area contributed by atoms with Crippen LogP contribution in [-0.2, 0) is 26.8 Å². The zero-order valence-corrected chi connectivity index (χ0v) is 24.5. The van der Waals surface area contributed by atoms with Crippen molar-refractivity contribution < 1.29 is 24.5 Å². The third kappa shape index (κ3) is 4.50. The highest BCUT2D eigenvalue weighted by Gasteiger charge is 2.60. The summed E-state index contributed by atoms with van der Waals surface area (Å²) in [5.41, 5.74) is 5.94. The number of carbonyl (C=O) groups excluding carboxylic acids is 2. The van der Waals surface area contributed by atoms with E-state index in [0.717, 1.165) is 28.5 Å². The lowest BCUT2D eigenvalue weighted by Gasteiger charge is -2.20. The van der Waals surface area contributed by atoms with Gasteiger partial charge in [-0.05, 0) is 56.6 Å². The van der Waals surface area contributed by atoms with E-state index in [9.17, 15) is 14.4 Å². The fourth-order valence-corrected chi connectivity index (χ4v) is 6.82. The number of anilines is 2. The summed E-state index contributed by atoms with van der Waals surface area (Å²) in [6.07, 6.45) is 3.34. The zero-order chi connectivity index (χ0) is 34.2. The second-order valence-electron chi connectivity index (χ2n) is 11.9. The smallest absolute Gasteiger partial charge is 0.407 e. The molecule has 5 heterocycles. The Hall–Kier alpha value is -4.46. The maximum atomic E-state index is 13.7. The van der Waals surface area contributed by atoms with Crippen molar-refractivity contribution >= 4 is 45.7 Å². The van der Waals surface area contributed by atoms with Crippen LogP contribution in [0.4, 0.5) is 16.4 Å². The van der Waals surface area contributed by atoms with Gasteiger partial charge in [0.15, 0.2) is 5.65 Å². The molecule has 4 atom stereocenters. The number of primary amides is 1. The number of imidazole rings is 1. The first-order chi connectivity index (χ1) is 22.8. The predicted molar refractivity (Wildman–Crippen MR) is 162 cm³/mol. The average Bonchev–Trinajstić information content (AvgIpc) is 3.28. The highest BCUT2D eigenvalue weighted by atomic mass is 16.5. The molecule has 232 valence electrons. The Morgan fingerprint density at radius 3 is 2.70 bits per heavy atom. The van der Waals surface area contributed by atoms with Gasteiger partial charge in [-0.2, -0.15) is 5.10 Å². The van der Waals surface area contributed by atoms with Crippen LogP contribution in [0.2, 0.25) is 0 Å². The number of nitrogens with zero attached hydrogens (tertiary/aromatic N) is 6. The number of aryl methyl sites for hydroxylation is 1. The molecule has 2 saturated carbocycles. The number of methoxy groups -OCH3 is 1. The number of alkyl carbamates (subject to hydrolysis) is 1. The van der Waals surface area contributed by atoms with Crippen molar-refractivity contribution in [3.63, 3.8) is 0 Å². The Morgan fingerprint density at radius 1 is 1.20 bits per heavy atom. The predicted octanol–water partition coefficient (Wildman–Crippen LogP) is 2.79. The summed E-state index contributed by atoms with van der Waals surface area (Å²) in [6, 6.07) is 3.28. The molecule has 14 nitrogen and oxygen atoms in total. The zero-order valence-electron chi connectivity index (χ0n) is 28.5. The van der Waals surface area contributed by atoms with Gasteiger partial charge in [0, 0.05) is 53.7 Å². The first-order valence-corrected chi connectivity index (χ1v) is 14.8. The number of ether oxygens (including phenoxy) is 2. The summed E-state index contributed by atoms with van der Waals surface area (Å²) < 4.78 is 46.8. The lowest BCUT2D eigenvalue weighted by molar-refractivity contribution is -0.123. The van der Waals surface area contributed by atoms with Crippen LogP contribution in [0.3, 0.4) is 0 Å². The molecule has 4 N–H and O–H groups in total. The van der Waals surface area contributed by atoms with Crippen molar-refractivity contribution in [2.75, 3.05) is 25.6 Å². The maximum absolute atomic E-state index is 13.7. The Labute approximate surface area is 258 Å². The number of rotatable bonds is 7. The maximum Gasteiger partial charge on any atom is 0.407 e. The molecule has 7 rings (SSSR count). The fraction of sp³-hybridized carbons (Fsp3) is 0.533. The molecule has 0 radical (unpaired) electrons. The molecule has 0 bridgehead atoms. The largest absolute Gasteiger partial charge is 0.453 e. The van der Waals surface area contributed by atoms with Gasteiger partial charge in [0.05, 0.1) is 31.4 Å². The molecule has 3 fully saturated rings. The number of carbonyl (C=O) groups is 2. The van der Waals surface area contributed by atoms with Crippen LogP contribution < -0.4 is 22.1 Å². The second-order valence-corrected chi connectivity index (χ2v) is 11.9. The van der Waals surface area contributed by atoms with Gasteiger partial charge < -0.3 is 25.8 Å². The van der Waals surface area contributed by atoms with E-state index in [-0.39, 0.29) is 36.0 Å². The van der Waals surface area contributed by atoms with Crippen LogP contribution >= 0.6 is 0 Å². The van der Waals surface area contributed by atoms with Crippen molar-refractivity contribution in [3.8, 4) is 0 Å². The number of hydrogen-bond acceptors (Lipinski definition) is 9. The molecule has 2 amide bonds. The number of amides is 2. The van der Waals surface area contributed by atoms with Crippen molar-refractivity contribution in [1.82, 2.24) is 34.2 Å². The summed E-state index contributed by atoms with van der Waals surface area (Å²) in [6.45, 7) is 0.413. The Balaban J connectivity index is 1.28. The molecule has 14 heteroatoms. The highest BCUT2D eigenvalue weighted by Crippen LogP contribution is 2.51. The van der Waals surface area contributed by atoms with Gasteiger partial charge in [0.25, 0.3) is 0 Å². The monoisotopic (exact) mass is 607 g/mol. The molecule has 0 aromatic carbocycles. The molecule has 2 aliphatic carbocycles. The SMILES string of the molecule is [2H]C1(NC(=O)OC)CCC(n2c(=O)n(C([2H])([2H])[2H])c3cnc(Nc4ccc5c(C6CCOCC6)nn(C6(C(N)=O)CC6C)c5n4)cc32)C1. The van der Waals surface area contributed by atoms with Crippen LogP contribution in [-0.4, -0.2) is 67.2 Å². The number of nitrogens with two attached hydrogens (primary N) is 1. The summed E-state index contributed by atoms with van der Waals surface area (Å²) in [5, 5.41) is 11.5. The minimum Gasteiger partial charge on any atom is -0.453 e. The van der Waals surface area contributed by atoms with Crippen LogP contribution in [0.1, 0.15) is 68.6 Å². The highest BCUT2D eigenvalue weighted by molar-refractivity contribution is 5.90. The molecular weight excluding hydrogens is 566 g/mol. The molecule has 0 spiro atoms. The summed E-state index contributed by atoms with van der Waals surface area (Å²) in [5.74, 6) is 0.342. The van der Waals surface area contributed by atoms with E-state index in [4.69, 9.17) is 26.0 Å². The summed E-state index contributed by atoms with van der Waals surface area (Å²) in [4.78, 5) is 47.6. The van der Waals surface area contributed by atoms with E-state index < -0.39 is 42.3 Å². The van der Waals surface area contributed by atoms with Crippen LogP contribution in [0.5, 0.6) is 0 Å². The Morgan fingerprint density at radius 2 is 2.00 bits per heavy atom. The molecule has 1 aliphatic heterocycles. The molecule has 3 aliphatic rings. The van der Waals surface area contributed by atoms with E-state index in [1.165, 1.54) is 17.9 Å². The Kier molecular flexibility index (Phi) is 5.77. The first-order valence-electron chi connectivity index (χ1n) is 16.8. The quantitative estimate of drug-likeness (QED) is 0.285. The third-order valence-corrected chi connectivity index (χ3v) is 9.35. The third-order valence-electron chi connectivity index (χ3n) is 9.35. The molecule has 44 heavy (non-hydrogen) atoms. The first kappa shape index (κ1) is 23.9. The van der Waals surface area contributed by atoms with E-state index >= 15 is 0 Å². The van der Waals surface area contributed by atoms with Crippen molar-refractivity contribution in [2.45, 2.75) is 69.0 Å². The molecule has 1 saturated heterocycles. The van der Waals surface area contributed by atoms with E-state index in [2.05, 4.69) is 20.4 Å². The van der Waals surface area contributed by atoms with Crippen LogP contribution in [0.15, 0.2) is 29.2 Å². The molecule has 4 aromatic heterocycles. The number of pyridine rings is 2. The van der Waals surface area contributed by atoms with Gasteiger partial charge in [-0.1, -0.05) is 6.92 Å². The van der Waals surface area contributed by atoms with Gasteiger partial charge in [-0.25, -0.2) is 24.2 Å². The normalized spacial score (nSPS) is 28.7.